The number of aliphatic hydroxyl groups is 1. The molecule has 0 saturated heterocycles. The van der Waals surface area contributed by atoms with Gasteiger partial charge in [-0.2, -0.15) is 13.2 Å². The van der Waals surface area contributed by atoms with Gasteiger partial charge in [0.05, 0.1) is 29.3 Å². The van der Waals surface area contributed by atoms with E-state index in [4.69, 9.17) is 4.74 Å². The summed E-state index contributed by atoms with van der Waals surface area (Å²) >= 11 is 0. The summed E-state index contributed by atoms with van der Waals surface area (Å²) in [4.78, 5) is 36.7. The van der Waals surface area contributed by atoms with Crippen LogP contribution in [0.2, 0.25) is 0 Å². The first-order valence-electron chi connectivity index (χ1n) is 13.5. The van der Waals surface area contributed by atoms with Gasteiger partial charge in [0, 0.05) is 23.7 Å². The second kappa shape index (κ2) is 11.3. The molecule has 2 amide bonds. The molecule has 5 rings (SSSR count). The highest BCUT2D eigenvalue weighted by molar-refractivity contribution is 6.09. The van der Waals surface area contributed by atoms with Crippen LogP contribution in [0.1, 0.15) is 60.6 Å². The van der Waals surface area contributed by atoms with Gasteiger partial charge in [0.15, 0.2) is 0 Å². The molecule has 0 aliphatic heterocycles. The molecular weight excluding hydrogens is 546 g/mol. The number of alkyl halides is 4. The maximum atomic E-state index is 14.8. The lowest BCUT2D eigenvalue weighted by Crippen LogP contribution is -2.51. The SMILES string of the molecule is Cc1[nH]c2c(-c3cc(C(F)(F)F)ccc3OCC3CC3)ncnc2c1C(=O)NC1CCC(NC(=O)[C@H](C)O)C(F)C1. The second-order valence-electron chi connectivity index (χ2n) is 10.8. The lowest BCUT2D eigenvalue weighted by Gasteiger charge is -2.32. The first-order chi connectivity index (χ1) is 19.4. The number of halogens is 4. The predicted octanol–water partition coefficient (Wildman–Crippen LogP) is 4.23. The average Bonchev–Trinajstić information content (AvgIpc) is 3.67. The van der Waals surface area contributed by atoms with Gasteiger partial charge in [0.1, 0.15) is 35.6 Å². The number of rotatable bonds is 8. The van der Waals surface area contributed by atoms with Crippen molar-refractivity contribution in [2.24, 2.45) is 5.92 Å². The Morgan fingerprint density at radius 1 is 1.17 bits per heavy atom. The molecule has 3 unspecified atom stereocenters. The summed E-state index contributed by atoms with van der Waals surface area (Å²) < 4.78 is 61.5. The Bertz CT molecular complexity index is 1450. The van der Waals surface area contributed by atoms with Gasteiger partial charge in [-0.3, -0.25) is 9.59 Å². The van der Waals surface area contributed by atoms with E-state index >= 15 is 0 Å². The second-order valence-corrected chi connectivity index (χ2v) is 10.8. The molecule has 2 heterocycles. The van der Waals surface area contributed by atoms with Gasteiger partial charge in [0.2, 0.25) is 5.91 Å². The minimum atomic E-state index is -4.58. The van der Waals surface area contributed by atoms with Gasteiger partial charge in [-0.15, -0.1) is 0 Å². The van der Waals surface area contributed by atoms with Crippen LogP contribution in [0.25, 0.3) is 22.3 Å². The molecule has 9 nitrogen and oxygen atoms in total. The van der Waals surface area contributed by atoms with E-state index in [2.05, 4.69) is 25.6 Å². The summed E-state index contributed by atoms with van der Waals surface area (Å²) in [5.41, 5.74) is 0.507. The molecule has 0 bridgehead atoms. The fraction of sp³-hybridized carbons (Fsp3) is 0.500. The van der Waals surface area contributed by atoms with Crippen LogP contribution in [0.15, 0.2) is 24.5 Å². The number of ether oxygens (including phenoxy) is 1. The molecule has 2 saturated carbocycles. The van der Waals surface area contributed by atoms with Crippen molar-refractivity contribution in [3.63, 3.8) is 0 Å². The monoisotopic (exact) mass is 577 g/mol. The van der Waals surface area contributed by atoms with Crippen molar-refractivity contribution in [3.05, 3.63) is 41.3 Å². The number of fused-ring (bicyclic) bond motifs is 1. The number of aliphatic hydroxyl groups excluding tert-OH is 1. The Morgan fingerprint density at radius 2 is 1.93 bits per heavy atom. The number of aromatic amines is 1. The highest BCUT2D eigenvalue weighted by Crippen LogP contribution is 2.40. The number of aryl methyl sites for hydroxylation is 1. The van der Waals surface area contributed by atoms with E-state index in [1.807, 2.05) is 0 Å². The number of amides is 2. The zero-order chi connectivity index (χ0) is 29.5. The fourth-order valence-electron chi connectivity index (χ4n) is 5.08. The van der Waals surface area contributed by atoms with Crippen molar-refractivity contribution in [2.75, 3.05) is 6.61 Å². The highest BCUT2D eigenvalue weighted by Gasteiger charge is 2.35. The van der Waals surface area contributed by atoms with Gasteiger partial charge in [-0.05, 0) is 63.6 Å². The summed E-state index contributed by atoms with van der Waals surface area (Å²) in [5, 5.41) is 14.7. The van der Waals surface area contributed by atoms with E-state index in [0.717, 1.165) is 25.0 Å². The zero-order valence-electron chi connectivity index (χ0n) is 22.5. The van der Waals surface area contributed by atoms with E-state index in [9.17, 15) is 32.3 Å². The molecule has 1 aromatic carbocycles. The highest BCUT2D eigenvalue weighted by atomic mass is 19.4. The number of carbonyl (C=O) groups is 2. The van der Waals surface area contributed by atoms with E-state index in [1.165, 1.54) is 19.3 Å². The Morgan fingerprint density at radius 3 is 2.59 bits per heavy atom. The number of aromatic nitrogens is 3. The molecule has 2 fully saturated rings. The van der Waals surface area contributed by atoms with Crippen molar-refractivity contribution in [2.45, 2.75) is 76.5 Å². The van der Waals surface area contributed by atoms with Crippen LogP contribution in [0, 0.1) is 12.8 Å². The molecular formula is C28H31F4N5O4. The van der Waals surface area contributed by atoms with Gasteiger partial charge in [-0.25, -0.2) is 14.4 Å². The molecule has 4 atom stereocenters. The Balaban J connectivity index is 1.41. The Kier molecular flexibility index (Phi) is 7.91. The lowest BCUT2D eigenvalue weighted by molar-refractivity contribution is -0.137. The third-order valence-corrected chi connectivity index (χ3v) is 7.55. The van der Waals surface area contributed by atoms with Crippen molar-refractivity contribution in [1.29, 1.82) is 0 Å². The summed E-state index contributed by atoms with van der Waals surface area (Å²) in [6.45, 7) is 3.31. The first kappa shape index (κ1) is 28.8. The zero-order valence-corrected chi connectivity index (χ0v) is 22.5. The maximum Gasteiger partial charge on any atom is 0.416 e. The molecule has 2 aliphatic rings. The normalized spacial score (nSPS) is 21.9. The number of hydrogen-bond donors (Lipinski definition) is 4. The van der Waals surface area contributed by atoms with Gasteiger partial charge < -0.3 is 25.5 Å². The third kappa shape index (κ3) is 6.29. The number of nitrogens with one attached hydrogen (secondary N) is 3. The third-order valence-electron chi connectivity index (χ3n) is 7.55. The largest absolute Gasteiger partial charge is 0.493 e. The van der Waals surface area contributed by atoms with E-state index in [0.29, 0.717) is 24.6 Å². The smallest absolute Gasteiger partial charge is 0.416 e. The summed E-state index contributed by atoms with van der Waals surface area (Å²) in [6, 6.07) is 1.94. The number of H-pyrrole nitrogens is 1. The van der Waals surface area contributed by atoms with Gasteiger partial charge in [-0.1, -0.05) is 0 Å². The average molecular weight is 578 g/mol. The van der Waals surface area contributed by atoms with Gasteiger partial charge in [0.25, 0.3) is 5.91 Å². The molecule has 3 aromatic rings. The quantitative estimate of drug-likeness (QED) is 0.297. The molecule has 4 N–H and O–H groups in total. The minimum absolute atomic E-state index is 0.0376. The number of nitrogens with zero attached hydrogens (tertiary/aromatic N) is 2. The molecule has 2 aromatic heterocycles. The summed E-state index contributed by atoms with van der Waals surface area (Å²) in [7, 11) is 0. The molecule has 0 spiro atoms. The van der Waals surface area contributed by atoms with Crippen LogP contribution < -0.4 is 15.4 Å². The van der Waals surface area contributed by atoms with Crippen LogP contribution in [-0.2, 0) is 11.0 Å². The van der Waals surface area contributed by atoms with Crippen LogP contribution in [0.4, 0.5) is 17.6 Å². The van der Waals surface area contributed by atoms with Crippen molar-refractivity contribution in [1.82, 2.24) is 25.6 Å². The summed E-state index contributed by atoms with van der Waals surface area (Å²) in [6.07, 6.45) is -3.46. The minimum Gasteiger partial charge on any atom is -0.493 e. The van der Waals surface area contributed by atoms with Crippen LogP contribution >= 0.6 is 0 Å². The molecule has 13 heteroatoms. The van der Waals surface area contributed by atoms with E-state index in [1.54, 1.807) is 6.92 Å². The lowest BCUT2D eigenvalue weighted by atomic mass is 9.89. The van der Waals surface area contributed by atoms with Crippen LogP contribution in [-0.4, -0.2) is 62.8 Å². The maximum absolute atomic E-state index is 14.8. The fourth-order valence-corrected chi connectivity index (χ4v) is 5.08. The van der Waals surface area contributed by atoms with E-state index in [-0.39, 0.29) is 46.4 Å². The number of carbonyl (C=O) groups excluding carboxylic acids is 2. The van der Waals surface area contributed by atoms with Crippen molar-refractivity contribution in [3.8, 4) is 17.0 Å². The van der Waals surface area contributed by atoms with Crippen molar-refractivity contribution >= 4 is 22.8 Å². The van der Waals surface area contributed by atoms with E-state index < -0.39 is 47.9 Å². The molecule has 2 aliphatic carbocycles. The predicted molar refractivity (Wildman–Crippen MR) is 141 cm³/mol. The van der Waals surface area contributed by atoms with Crippen LogP contribution in [0.5, 0.6) is 5.75 Å². The number of hydrogen-bond acceptors (Lipinski definition) is 6. The molecule has 41 heavy (non-hydrogen) atoms. The van der Waals surface area contributed by atoms with Crippen molar-refractivity contribution < 1.29 is 37.0 Å². The first-order valence-corrected chi connectivity index (χ1v) is 13.5. The Hall–Kier alpha value is -3.74. The number of benzene rings is 1. The summed E-state index contributed by atoms with van der Waals surface area (Å²) in [5.74, 6) is -0.563. The van der Waals surface area contributed by atoms with Crippen LogP contribution in [0.3, 0.4) is 0 Å². The molecule has 0 radical (unpaired) electrons. The van der Waals surface area contributed by atoms with Gasteiger partial charge >= 0.3 is 6.18 Å². The topological polar surface area (TPSA) is 129 Å². The molecule has 220 valence electrons. The standard InChI is InChI=1S/C28H31F4N5O4/c1-13-22(27(40)36-17-6-7-20(19(29)10-17)37-26(39)14(2)38)24-25(35-13)23(33-12-34-24)18-9-16(28(30,31)32)5-8-21(18)41-11-15-3-4-15/h5,8-9,12,14-15,17,19-20,35,38H,3-4,6-7,10-11H2,1-2H3,(H,36,40)(H,37,39)/t14-,17?,19?,20?/m0/s1. The Labute approximate surface area is 233 Å².